The Bertz CT molecular complexity index is 341. The fraction of sp³-hybridized carbons (Fsp3) is 1.00. The van der Waals surface area contributed by atoms with Crippen molar-refractivity contribution in [3.8, 4) is 0 Å². The monoisotopic (exact) mass is 475 g/mol. The first-order valence-electron chi connectivity index (χ1n) is 13.9. The highest BCUT2D eigenvalue weighted by Crippen LogP contribution is 2.25. The zero-order chi connectivity index (χ0) is 23.7. The highest BCUT2D eigenvalue weighted by atomic mass is 31.1. The van der Waals surface area contributed by atoms with E-state index in [4.69, 9.17) is 9.05 Å². The highest BCUT2D eigenvalue weighted by molar-refractivity contribution is 7.33. The Morgan fingerprint density at radius 1 is 0.469 bits per heavy atom. The second-order valence-corrected chi connectivity index (χ2v) is 10.2. The predicted octanol–water partition coefficient (Wildman–Crippen LogP) is 8.52. The molecule has 32 heavy (non-hydrogen) atoms. The highest BCUT2D eigenvalue weighted by Gasteiger charge is 2.23. The average Bonchev–Trinajstić information content (AvgIpc) is 2.80. The lowest BCUT2D eigenvalue weighted by atomic mass is 10.2. The van der Waals surface area contributed by atoms with Crippen molar-refractivity contribution in [3.05, 3.63) is 0 Å². The summed E-state index contributed by atoms with van der Waals surface area (Å²) in [5.74, 6) is 0. The van der Waals surface area contributed by atoms with Crippen LogP contribution >= 0.6 is 8.25 Å². The first-order chi connectivity index (χ1) is 15.7. The van der Waals surface area contributed by atoms with Gasteiger partial charge in [0.15, 0.2) is 13.5 Å². The molecule has 0 heterocycles. The van der Waals surface area contributed by atoms with Crippen molar-refractivity contribution < 1.29 is 13.6 Å². The van der Waals surface area contributed by atoms with E-state index in [-0.39, 0.29) is 0 Å². The molecule has 0 spiro atoms. The summed E-state index contributed by atoms with van der Waals surface area (Å²) in [6.45, 7) is 13.9. The molecule has 0 N–H and O–H groups in total. The van der Waals surface area contributed by atoms with Crippen LogP contribution in [0.5, 0.6) is 0 Å². The van der Waals surface area contributed by atoms with Gasteiger partial charge in [0.05, 0.1) is 0 Å². The summed E-state index contributed by atoms with van der Waals surface area (Å²) >= 11 is 0. The maximum absolute atomic E-state index is 12.4. The first-order valence-corrected chi connectivity index (χ1v) is 14.9. The molecule has 0 aromatic rings. The van der Waals surface area contributed by atoms with E-state index in [0.717, 1.165) is 26.2 Å². The molecule has 0 atom stereocenters. The summed E-state index contributed by atoms with van der Waals surface area (Å²) in [7, 11) is -2.07. The van der Waals surface area contributed by atoms with Crippen LogP contribution in [-0.4, -0.2) is 49.4 Å². The van der Waals surface area contributed by atoms with Crippen LogP contribution in [0.3, 0.4) is 0 Å². The van der Waals surface area contributed by atoms with Crippen LogP contribution < -0.4 is 0 Å². The van der Waals surface area contributed by atoms with Crippen molar-refractivity contribution in [2.24, 2.45) is 0 Å². The average molecular weight is 476 g/mol. The SMILES string of the molecule is CCCCCCN(CCCCCC)CO[P+](=O)OCN(CCCCCC)CCCCCC. The molecule has 6 heteroatoms. The number of unbranched alkanes of at least 4 members (excludes halogenated alkanes) is 12. The maximum atomic E-state index is 12.4. The Hall–Kier alpha value is -0.0600. The van der Waals surface area contributed by atoms with Crippen molar-refractivity contribution in [1.29, 1.82) is 0 Å². The van der Waals surface area contributed by atoms with E-state index in [0.29, 0.717) is 13.5 Å². The van der Waals surface area contributed by atoms with Crippen molar-refractivity contribution in [2.75, 3.05) is 39.6 Å². The Morgan fingerprint density at radius 3 is 1.00 bits per heavy atom. The fourth-order valence-corrected chi connectivity index (χ4v) is 4.42. The molecule has 0 saturated heterocycles. The van der Waals surface area contributed by atoms with Crippen LogP contribution in [0.25, 0.3) is 0 Å². The van der Waals surface area contributed by atoms with Gasteiger partial charge in [0.2, 0.25) is 0 Å². The van der Waals surface area contributed by atoms with Gasteiger partial charge in [-0.05, 0) is 25.7 Å². The topological polar surface area (TPSA) is 42.0 Å². The van der Waals surface area contributed by atoms with E-state index in [1.54, 1.807) is 0 Å². The summed E-state index contributed by atoms with van der Waals surface area (Å²) in [4.78, 5) is 4.63. The number of hydrogen-bond donors (Lipinski definition) is 0. The van der Waals surface area contributed by atoms with Gasteiger partial charge in [0, 0.05) is 30.7 Å². The Labute approximate surface area is 201 Å². The predicted molar refractivity (Wildman–Crippen MR) is 139 cm³/mol. The van der Waals surface area contributed by atoms with Crippen molar-refractivity contribution in [1.82, 2.24) is 9.80 Å². The Kier molecular flexibility index (Phi) is 25.5. The number of nitrogens with zero attached hydrogens (tertiary/aromatic N) is 2. The third-order valence-electron chi connectivity index (χ3n) is 6.00. The van der Waals surface area contributed by atoms with Crippen molar-refractivity contribution in [2.45, 2.75) is 130 Å². The third kappa shape index (κ3) is 21.8. The van der Waals surface area contributed by atoms with Gasteiger partial charge in [-0.1, -0.05) is 105 Å². The minimum absolute atomic E-state index is 0.417. The quantitative estimate of drug-likeness (QED) is 0.0712. The molecule has 0 saturated carbocycles. The largest absolute Gasteiger partial charge is 0.700 e. The first kappa shape index (κ1) is 31.9. The lowest BCUT2D eigenvalue weighted by molar-refractivity contribution is 0.0772. The van der Waals surface area contributed by atoms with E-state index in [9.17, 15) is 4.57 Å². The Morgan fingerprint density at radius 2 is 0.750 bits per heavy atom. The van der Waals surface area contributed by atoms with Gasteiger partial charge in [-0.2, -0.15) is 0 Å². The molecule has 192 valence electrons. The zero-order valence-electron chi connectivity index (χ0n) is 22.1. The minimum atomic E-state index is -2.07. The van der Waals surface area contributed by atoms with Gasteiger partial charge >= 0.3 is 8.25 Å². The molecule has 0 aromatic heterocycles. The van der Waals surface area contributed by atoms with E-state index in [1.807, 2.05) is 0 Å². The fourth-order valence-electron chi connectivity index (χ4n) is 3.83. The molecule has 0 aliphatic carbocycles. The normalized spacial score (nSPS) is 11.7. The molecule has 0 unspecified atom stereocenters. The standard InChI is InChI=1S/C26H56N2O3P/c1-5-9-13-17-21-27(22-18-14-10-6-2)25-30-32(29)31-26-28(23-19-15-11-7-3)24-20-16-12-8-4/h5-26H2,1-4H3/q+1. The smallest absolute Gasteiger partial charge is 0.277 e. The van der Waals surface area contributed by atoms with Crippen molar-refractivity contribution >= 4 is 8.25 Å². The number of hydrogen-bond acceptors (Lipinski definition) is 5. The molecular weight excluding hydrogens is 419 g/mol. The lowest BCUT2D eigenvalue weighted by Crippen LogP contribution is -2.29. The van der Waals surface area contributed by atoms with Gasteiger partial charge in [0.25, 0.3) is 0 Å². The van der Waals surface area contributed by atoms with Crippen LogP contribution in [0, 0.1) is 0 Å². The summed E-state index contributed by atoms with van der Waals surface area (Å²) < 4.78 is 23.7. The van der Waals surface area contributed by atoms with Crippen LogP contribution in [0.2, 0.25) is 0 Å². The molecule has 0 aliphatic heterocycles. The summed E-state index contributed by atoms with van der Waals surface area (Å²) in [5.41, 5.74) is 0. The second kappa shape index (κ2) is 25.6. The van der Waals surface area contributed by atoms with Crippen molar-refractivity contribution in [3.63, 3.8) is 0 Å². The molecule has 0 aromatic carbocycles. The van der Waals surface area contributed by atoms with Gasteiger partial charge in [-0.3, -0.25) is 9.80 Å². The lowest BCUT2D eigenvalue weighted by Gasteiger charge is -2.20. The van der Waals surface area contributed by atoms with Crippen LogP contribution in [0.4, 0.5) is 0 Å². The van der Waals surface area contributed by atoms with E-state index >= 15 is 0 Å². The molecule has 5 nitrogen and oxygen atoms in total. The zero-order valence-corrected chi connectivity index (χ0v) is 23.0. The summed E-state index contributed by atoms with van der Waals surface area (Å²) in [6.07, 6.45) is 19.9. The van der Waals surface area contributed by atoms with Gasteiger partial charge < -0.3 is 0 Å². The van der Waals surface area contributed by atoms with Gasteiger partial charge in [-0.25, -0.2) is 0 Å². The van der Waals surface area contributed by atoms with Gasteiger partial charge in [-0.15, -0.1) is 9.05 Å². The third-order valence-corrected chi connectivity index (χ3v) is 6.66. The molecule has 0 fully saturated rings. The molecule has 0 amide bonds. The second-order valence-electron chi connectivity index (χ2n) is 9.22. The van der Waals surface area contributed by atoms with E-state index in [2.05, 4.69) is 37.5 Å². The molecule has 0 radical (unpaired) electrons. The van der Waals surface area contributed by atoms with E-state index < -0.39 is 8.25 Å². The number of rotatable bonds is 26. The van der Waals surface area contributed by atoms with E-state index in [1.165, 1.54) is 103 Å². The minimum Gasteiger partial charge on any atom is -0.277 e. The molecule has 0 aliphatic rings. The Balaban J connectivity index is 4.32. The van der Waals surface area contributed by atoms with Crippen LogP contribution in [-0.2, 0) is 13.6 Å². The summed E-state index contributed by atoms with van der Waals surface area (Å²) in [5, 5.41) is 0. The molecule has 0 bridgehead atoms. The van der Waals surface area contributed by atoms with Gasteiger partial charge in [0.1, 0.15) is 0 Å². The van der Waals surface area contributed by atoms with Crippen LogP contribution in [0.15, 0.2) is 0 Å². The van der Waals surface area contributed by atoms with Crippen LogP contribution in [0.1, 0.15) is 130 Å². The molecule has 0 rings (SSSR count). The summed E-state index contributed by atoms with van der Waals surface area (Å²) in [6, 6.07) is 0. The maximum Gasteiger partial charge on any atom is 0.700 e. The molecular formula is C26H56N2O3P+.